The summed E-state index contributed by atoms with van der Waals surface area (Å²) >= 11 is 1.87. The van der Waals surface area contributed by atoms with Crippen LogP contribution in [0.25, 0.3) is 11.4 Å². The molecule has 0 aliphatic heterocycles. The second kappa shape index (κ2) is 8.64. The Balaban J connectivity index is 1.97. The van der Waals surface area contributed by atoms with E-state index in [0.717, 1.165) is 30.8 Å². The van der Waals surface area contributed by atoms with E-state index >= 15 is 0 Å². The number of rotatable bonds is 9. The van der Waals surface area contributed by atoms with Crippen LogP contribution in [0.5, 0.6) is 0 Å². The molecule has 0 atom stereocenters. The monoisotopic (exact) mass is 303 g/mol. The van der Waals surface area contributed by atoms with Crippen LogP contribution in [0.3, 0.4) is 0 Å². The van der Waals surface area contributed by atoms with Gasteiger partial charge in [-0.3, -0.25) is 4.90 Å². The summed E-state index contributed by atoms with van der Waals surface area (Å²) in [5.74, 6) is 2.46. The highest BCUT2D eigenvalue weighted by molar-refractivity contribution is 7.98. The fraction of sp³-hybridized carbons (Fsp3) is 0.375. The van der Waals surface area contributed by atoms with Crippen LogP contribution in [0.1, 0.15) is 12.3 Å². The van der Waals surface area contributed by atoms with Crippen LogP contribution in [0.4, 0.5) is 0 Å². The van der Waals surface area contributed by atoms with Crippen LogP contribution >= 0.6 is 11.8 Å². The highest BCUT2D eigenvalue weighted by Crippen LogP contribution is 2.15. The third-order valence-corrected chi connectivity index (χ3v) is 3.77. The molecule has 2 aromatic rings. The van der Waals surface area contributed by atoms with E-state index in [9.17, 15) is 0 Å². The highest BCUT2D eigenvalue weighted by Gasteiger charge is 2.12. The number of thioether (sulfide) groups is 1. The fourth-order valence-electron chi connectivity index (χ4n) is 2.06. The van der Waals surface area contributed by atoms with Crippen molar-refractivity contribution in [2.45, 2.75) is 13.0 Å². The van der Waals surface area contributed by atoms with E-state index in [2.05, 4.69) is 27.9 Å². The molecule has 0 bridgehead atoms. The van der Waals surface area contributed by atoms with Crippen molar-refractivity contribution in [2.75, 3.05) is 25.1 Å². The first kappa shape index (κ1) is 15.8. The van der Waals surface area contributed by atoms with Crippen LogP contribution in [0.15, 0.2) is 47.5 Å². The van der Waals surface area contributed by atoms with Crippen LogP contribution in [0, 0.1) is 0 Å². The second-order valence-corrected chi connectivity index (χ2v) is 5.73. The fourth-order valence-corrected chi connectivity index (χ4v) is 2.48. The molecule has 21 heavy (non-hydrogen) atoms. The normalized spacial score (nSPS) is 11.0. The summed E-state index contributed by atoms with van der Waals surface area (Å²) in [6, 6.07) is 9.88. The molecular formula is C16H21N3OS. The average Bonchev–Trinajstić information content (AvgIpc) is 2.97. The van der Waals surface area contributed by atoms with E-state index in [1.165, 1.54) is 0 Å². The SMILES string of the molecule is C=CCN(CCCSC)Cc1nc(-c2ccccc2)no1. The number of hydrogen-bond donors (Lipinski definition) is 0. The van der Waals surface area contributed by atoms with Gasteiger partial charge in [0.25, 0.3) is 0 Å². The Morgan fingerprint density at radius 3 is 2.86 bits per heavy atom. The van der Waals surface area contributed by atoms with E-state index in [0.29, 0.717) is 18.3 Å². The van der Waals surface area contributed by atoms with E-state index < -0.39 is 0 Å². The van der Waals surface area contributed by atoms with Gasteiger partial charge in [0.15, 0.2) is 0 Å². The quantitative estimate of drug-likeness (QED) is 0.524. The van der Waals surface area contributed by atoms with Gasteiger partial charge in [0.05, 0.1) is 6.54 Å². The standard InChI is InChI=1S/C16H21N3OS/c1-3-10-19(11-7-12-21-2)13-15-17-16(18-20-15)14-8-5-4-6-9-14/h3-6,8-9H,1,7,10-13H2,2H3. The van der Waals surface area contributed by atoms with Crippen molar-refractivity contribution in [3.8, 4) is 11.4 Å². The molecular weight excluding hydrogens is 282 g/mol. The summed E-state index contributed by atoms with van der Waals surface area (Å²) in [5, 5.41) is 4.05. The lowest BCUT2D eigenvalue weighted by Crippen LogP contribution is -2.25. The minimum Gasteiger partial charge on any atom is -0.338 e. The summed E-state index contributed by atoms with van der Waals surface area (Å²) in [4.78, 5) is 6.74. The molecule has 0 saturated heterocycles. The summed E-state index contributed by atoms with van der Waals surface area (Å²) in [7, 11) is 0. The predicted octanol–water partition coefficient (Wildman–Crippen LogP) is 3.48. The van der Waals surface area contributed by atoms with Crippen LogP contribution in [-0.2, 0) is 6.54 Å². The number of nitrogens with zero attached hydrogens (tertiary/aromatic N) is 3. The smallest absolute Gasteiger partial charge is 0.241 e. The molecule has 0 fully saturated rings. The van der Waals surface area contributed by atoms with E-state index in [-0.39, 0.29) is 0 Å². The van der Waals surface area contributed by atoms with Crippen molar-refractivity contribution < 1.29 is 4.52 Å². The van der Waals surface area contributed by atoms with Gasteiger partial charge in [0, 0.05) is 12.1 Å². The van der Waals surface area contributed by atoms with Gasteiger partial charge in [-0.2, -0.15) is 16.7 Å². The van der Waals surface area contributed by atoms with Crippen molar-refractivity contribution in [1.29, 1.82) is 0 Å². The van der Waals surface area contributed by atoms with E-state index in [4.69, 9.17) is 4.52 Å². The molecule has 112 valence electrons. The number of benzene rings is 1. The highest BCUT2D eigenvalue weighted by atomic mass is 32.2. The minimum absolute atomic E-state index is 0.647. The third-order valence-electron chi connectivity index (χ3n) is 3.07. The summed E-state index contributed by atoms with van der Waals surface area (Å²) in [6.45, 7) is 6.32. The summed E-state index contributed by atoms with van der Waals surface area (Å²) in [6.07, 6.45) is 5.18. The predicted molar refractivity (Wildman–Crippen MR) is 88.2 cm³/mol. The molecule has 4 nitrogen and oxygen atoms in total. The van der Waals surface area contributed by atoms with Gasteiger partial charge in [-0.1, -0.05) is 41.6 Å². The lowest BCUT2D eigenvalue weighted by molar-refractivity contribution is 0.247. The lowest BCUT2D eigenvalue weighted by Gasteiger charge is -2.17. The maximum Gasteiger partial charge on any atom is 0.241 e. The van der Waals surface area contributed by atoms with Crippen LogP contribution in [-0.4, -0.2) is 40.1 Å². The molecule has 0 N–H and O–H groups in total. The van der Waals surface area contributed by atoms with Crippen LogP contribution in [0.2, 0.25) is 0 Å². The topological polar surface area (TPSA) is 42.2 Å². The minimum atomic E-state index is 0.647. The molecule has 0 amide bonds. The zero-order chi connectivity index (χ0) is 14.9. The average molecular weight is 303 g/mol. The van der Waals surface area contributed by atoms with Crippen molar-refractivity contribution in [3.63, 3.8) is 0 Å². The van der Waals surface area contributed by atoms with Crippen LogP contribution < -0.4 is 0 Å². The summed E-state index contributed by atoms with van der Waals surface area (Å²) in [5.41, 5.74) is 0.977. The van der Waals surface area contributed by atoms with Crippen molar-refractivity contribution in [2.24, 2.45) is 0 Å². The Morgan fingerprint density at radius 2 is 2.14 bits per heavy atom. The zero-order valence-corrected chi connectivity index (χ0v) is 13.2. The Kier molecular flexibility index (Phi) is 6.50. The molecule has 0 radical (unpaired) electrons. The first-order chi connectivity index (χ1) is 10.3. The Labute approximate surface area is 130 Å². The Hall–Kier alpha value is -1.59. The molecule has 1 aromatic carbocycles. The van der Waals surface area contributed by atoms with E-state index in [1.807, 2.05) is 48.2 Å². The maximum absolute atomic E-state index is 5.36. The molecule has 0 aliphatic rings. The Morgan fingerprint density at radius 1 is 1.33 bits per heavy atom. The molecule has 1 aromatic heterocycles. The van der Waals surface area contributed by atoms with Gasteiger partial charge in [-0.25, -0.2) is 0 Å². The number of hydrogen-bond acceptors (Lipinski definition) is 5. The lowest BCUT2D eigenvalue weighted by atomic mass is 10.2. The van der Waals surface area contributed by atoms with Gasteiger partial charge in [-0.15, -0.1) is 6.58 Å². The Bertz CT molecular complexity index is 541. The van der Waals surface area contributed by atoms with Crippen molar-refractivity contribution in [3.05, 3.63) is 48.9 Å². The first-order valence-electron chi connectivity index (χ1n) is 7.03. The molecule has 5 heteroatoms. The van der Waals surface area contributed by atoms with Gasteiger partial charge in [0.2, 0.25) is 11.7 Å². The van der Waals surface area contributed by atoms with Crippen molar-refractivity contribution in [1.82, 2.24) is 15.0 Å². The first-order valence-corrected chi connectivity index (χ1v) is 8.43. The maximum atomic E-state index is 5.36. The molecule has 1 heterocycles. The largest absolute Gasteiger partial charge is 0.338 e. The third kappa shape index (κ3) is 5.02. The molecule has 0 spiro atoms. The zero-order valence-electron chi connectivity index (χ0n) is 12.4. The van der Waals surface area contributed by atoms with Gasteiger partial charge < -0.3 is 4.52 Å². The molecule has 0 unspecified atom stereocenters. The van der Waals surface area contributed by atoms with Gasteiger partial charge in [0.1, 0.15) is 0 Å². The van der Waals surface area contributed by atoms with Gasteiger partial charge in [-0.05, 0) is 25.0 Å². The van der Waals surface area contributed by atoms with E-state index in [1.54, 1.807) is 0 Å². The number of aromatic nitrogens is 2. The second-order valence-electron chi connectivity index (χ2n) is 4.75. The molecule has 2 rings (SSSR count). The van der Waals surface area contributed by atoms with Crippen molar-refractivity contribution >= 4 is 11.8 Å². The summed E-state index contributed by atoms with van der Waals surface area (Å²) < 4.78 is 5.36. The molecule has 0 aliphatic carbocycles. The molecule has 0 saturated carbocycles. The van der Waals surface area contributed by atoms with Gasteiger partial charge >= 0.3 is 0 Å².